The highest BCUT2D eigenvalue weighted by Crippen LogP contribution is 2.18. The van der Waals surface area contributed by atoms with Gasteiger partial charge < -0.3 is 16.2 Å². The minimum atomic E-state index is -1.33. The van der Waals surface area contributed by atoms with Gasteiger partial charge in [0.15, 0.2) is 0 Å². The maximum Gasteiger partial charge on any atom is 0.337 e. The summed E-state index contributed by atoms with van der Waals surface area (Å²) in [5.41, 5.74) is 5.94. The topological polar surface area (TPSA) is 105 Å². The first-order valence-electron chi connectivity index (χ1n) is 6.00. The van der Waals surface area contributed by atoms with Gasteiger partial charge in [-0.2, -0.15) is 0 Å². The quantitative estimate of drug-likeness (QED) is 0.793. The van der Waals surface area contributed by atoms with Gasteiger partial charge in [0.25, 0.3) is 5.91 Å². The van der Waals surface area contributed by atoms with Crippen molar-refractivity contribution in [3.63, 3.8) is 0 Å². The Morgan fingerprint density at radius 1 is 1.29 bits per heavy atom. The van der Waals surface area contributed by atoms with Crippen LogP contribution in [0.25, 0.3) is 0 Å². The number of nitrogens with two attached hydrogens (primary N) is 1. The van der Waals surface area contributed by atoms with Crippen molar-refractivity contribution in [2.24, 2.45) is 5.73 Å². The molecule has 0 atom stereocenters. The molecule has 0 fully saturated rings. The predicted molar refractivity (Wildman–Crippen MR) is 73.4 cm³/mol. The average molecular weight is 289 g/mol. The Morgan fingerprint density at radius 3 is 2.71 bits per heavy atom. The number of carboxylic acid groups (broad SMARTS) is 1. The molecule has 0 saturated heterocycles. The Bertz CT molecular complexity index is 704. The van der Waals surface area contributed by atoms with Gasteiger partial charge in [-0.25, -0.2) is 9.18 Å². The van der Waals surface area contributed by atoms with Crippen molar-refractivity contribution in [3.05, 3.63) is 59.2 Å². The van der Waals surface area contributed by atoms with Crippen LogP contribution >= 0.6 is 0 Å². The van der Waals surface area contributed by atoms with Gasteiger partial charge >= 0.3 is 5.97 Å². The minimum absolute atomic E-state index is 0.0139. The number of nitrogens with zero attached hydrogens (tertiary/aromatic N) is 1. The molecular formula is C14H12FN3O3. The molecule has 0 radical (unpaired) electrons. The van der Waals surface area contributed by atoms with E-state index >= 15 is 0 Å². The summed E-state index contributed by atoms with van der Waals surface area (Å²) in [5, 5.41) is 11.4. The Balaban J connectivity index is 2.29. The lowest BCUT2D eigenvalue weighted by molar-refractivity contribution is 0.0697. The third-order valence-electron chi connectivity index (χ3n) is 2.75. The third kappa shape index (κ3) is 3.40. The first kappa shape index (κ1) is 14.6. The van der Waals surface area contributed by atoms with Crippen LogP contribution in [0.15, 0.2) is 36.5 Å². The van der Waals surface area contributed by atoms with Crippen molar-refractivity contribution < 1.29 is 19.1 Å². The smallest absolute Gasteiger partial charge is 0.337 e. The van der Waals surface area contributed by atoms with E-state index in [4.69, 9.17) is 10.8 Å². The van der Waals surface area contributed by atoms with E-state index in [2.05, 4.69) is 10.3 Å². The van der Waals surface area contributed by atoms with E-state index in [1.54, 1.807) is 0 Å². The van der Waals surface area contributed by atoms with Crippen LogP contribution in [0.1, 0.15) is 26.4 Å². The van der Waals surface area contributed by atoms with Gasteiger partial charge in [-0.15, -0.1) is 0 Å². The van der Waals surface area contributed by atoms with E-state index in [-0.39, 0.29) is 23.4 Å². The molecule has 1 heterocycles. The standard InChI is InChI=1S/C14H12FN3O3/c15-9-1-2-12(11(6-9)14(20)21)18-13(19)8-3-4-17-10(5-8)7-16/h1-6H,7,16H2,(H,18,19)(H,20,21). The molecule has 2 rings (SSSR count). The summed E-state index contributed by atoms with van der Waals surface area (Å²) in [4.78, 5) is 27.1. The normalized spacial score (nSPS) is 10.2. The first-order chi connectivity index (χ1) is 10.0. The molecule has 1 aromatic heterocycles. The highest BCUT2D eigenvalue weighted by atomic mass is 19.1. The van der Waals surface area contributed by atoms with E-state index in [1.807, 2.05) is 0 Å². The Morgan fingerprint density at radius 2 is 2.05 bits per heavy atom. The molecule has 1 aromatic carbocycles. The maximum atomic E-state index is 13.1. The molecule has 0 bridgehead atoms. The number of halogens is 1. The molecule has 1 amide bonds. The van der Waals surface area contributed by atoms with E-state index in [0.29, 0.717) is 5.69 Å². The summed E-state index contributed by atoms with van der Waals surface area (Å²) in [5.74, 6) is -2.55. The lowest BCUT2D eigenvalue weighted by atomic mass is 10.1. The van der Waals surface area contributed by atoms with Gasteiger partial charge in [0.1, 0.15) is 5.82 Å². The number of nitrogens with one attached hydrogen (secondary N) is 1. The fourth-order valence-electron chi connectivity index (χ4n) is 1.73. The summed E-state index contributed by atoms with van der Waals surface area (Å²) in [6, 6.07) is 6.08. The second-order valence-corrected chi connectivity index (χ2v) is 4.19. The number of pyridine rings is 1. The highest BCUT2D eigenvalue weighted by molar-refractivity contribution is 6.07. The summed E-state index contributed by atoms with van der Waals surface area (Å²) < 4.78 is 13.1. The first-order valence-corrected chi connectivity index (χ1v) is 6.00. The van der Waals surface area contributed by atoms with Crippen LogP contribution in [-0.4, -0.2) is 22.0 Å². The van der Waals surface area contributed by atoms with Crippen LogP contribution in [0.5, 0.6) is 0 Å². The van der Waals surface area contributed by atoms with Crippen molar-refractivity contribution in [3.8, 4) is 0 Å². The molecule has 7 heteroatoms. The monoisotopic (exact) mass is 289 g/mol. The summed E-state index contributed by atoms with van der Waals surface area (Å²) in [6.07, 6.45) is 1.43. The van der Waals surface area contributed by atoms with Crippen LogP contribution in [0.2, 0.25) is 0 Å². The van der Waals surface area contributed by atoms with E-state index in [9.17, 15) is 14.0 Å². The fourth-order valence-corrected chi connectivity index (χ4v) is 1.73. The number of anilines is 1. The van der Waals surface area contributed by atoms with Crippen LogP contribution in [0, 0.1) is 5.82 Å². The minimum Gasteiger partial charge on any atom is -0.478 e. The second-order valence-electron chi connectivity index (χ2n) is 4.19. The molecule has 0 aliphatic carbocycles. The molecular weight excluding hydrogens is 277 g/mol. The number of aromatic carboxylic acids is 1. The van der Waals surface area contributed by atoms with Crippen molar-refractivity contribution in [1.29, 1.82) is 0 Å². The molecule has 0 aliphatic heterocycles. The van der Waals surface area contributed by atoms with Gasteiger partial charge in [-0.1, -0.05) is 0 Å². The lowest BCUT2D eigenvalue weighted by Gasteiger charge is -2.09. The Labute approximate surface area is 119 Å². The van der Waals surface area contributed by atoms with Crippen molar-refractivity contribution in [2.45, 2.75) is 6.54 Å². The third-order valence-corrected chi connectivity index (χ3v) is 2.75. The number of carbonyl (C=O) groups is 2. The predicted octanol–water partition coefficient (Wildman–Crippen LogP) is 1.63. The van der Waals surface area contributed by atoms with Crippen LogP contribution < -0.4 is 11.1 Å². The molecule has 6 nitrogen and oxygen atoms in total. The molecule has 108 valence electrons. The largest absolute Gasteiger partial charge is 0.478 e. The summed E-state index contributed by atoms with van der Waals surface area (Å²) >= 11 is 0. The van der Waals surface area contributed by atoms with Crippen LogP contribution in [-0.2, 0) is 6.54 Å². The van der Waals surface area contributed by atoms with Crippen LogP contribution in [0.4, 0.5) is 10.1 Å². The summed E-state index contributed by atoms with van der Waals surface area (Å²) in [6.45, 7) is 0.179. The number of carbonyl (C=O) groups excluding carboxylic acids is 1. The Kier molecular flexibility index (Phi) is 4.24. The SMILES string of the molecule is NCc1cc(C(=O)Nc2ccc(F)cc2C(=O)O)ccn1. The number of carboxylic acids is 1. The highest BCUT2D eigenvalue weighted by Gasteiger charge is 2.15. The fraction of sp³-hybridized carbons (Fsp3) is 0.0714. The molecule has 21 heavy (non-hydrogen) atoms. The zero-order valence-corrected chi connectivity index (χ0v) is 10.8. The number of hydrogen-bond donors (Lipinski definition) is 3. The molecule has 0 saturated carbocycles. The number of amides is 1. The number of rotatable bonds is 4. The number of hydrogen-bond acceptors (Lipinski definition) is 4. The van der Waals surface area contributed by atoms with E-state index in [0.717, 1.165) is 12.1 Å². The average Bonchev–Trinajstić information content (AvgIpc) is 2.48. The number of aromatic nitrogens is 1. The molecule has 4 N–H and O–H groups in total. The molecule has 0 spiro atoms. The zero-order chi connectivity index (χ0) is 15.4. The van der Waals surface area contributed by atoms with Gasteiger partial charge in [-0.3, -0.25) is 9.78 Å². The molecule has 2 aromatic rings. The molecule has 0 unspecified atom stereocenters. The van der Waals surface area contributed by atoms with E-state index < -0.39 is 17.7 Å². The Hall–Kier alpha value is -2.80. The van der Waals surface area contributed by atoms with Crippen LogP contribution in [0.3, 0.4) is 0 Å². The zero-order valence-electron chi connectivity index (χ0n) is 10.8. The van der Waals surface area contributed by atoms with Gasteiger partial charge in [0.2, 0.25) is 0 Å². The number of benzene rings is 1. The second kappa shape index (κ2) is 6.10. The van der Waals surface area contributed by atoms with Crippen molar-refractivity contribution in [2.75, 3.05) is 5.32 Å². The summed E-state index contributed by atoms with van der Waals surface area (Å²) in [7, 11) is 0. The maximum absolute atomic E-state index is 13.1. The van der Waals surface area contributed by atoms with Crippen molar-refractivity contribution >= 4 is 17.6 Å². The lowest BCUT2D eigenvalue weighted by Crippen LogP contribution is -2.16. The molecule has 0 aliphatic rings. The van der Waals surface area contributed by atoms with E-state index in [1.165, 1.54) is 24.4 Å². The van der Waals surface area contributed by atoms with Gasteiger partial charge in [0.05, 0.1) is 16.9 Å². The van der Waals surface area contributed by atoms with Gasteiger partial charge in [0, 0.05) is 18.3 Å². The van der Waals surface area contributed by atoms with Crippen molar-refractivity contribution in [1.82, 2.24) is 4.98 Å². The van der Waals surface area contributed by atoms with Gasteiger partial charge in [-0.05, 0) is 30.3 Å².